The van der Waals surface area contributed by atoms with E-state index in [2.05, 4.69) is 65.3 Å². The molecule has 2 aromatic rings. The Morgan fingerprint density at radius 3 is 2.60 bits per heavy atom. The fourth-order valence-corrected chi connectivity index (χ4v) is 3.30. The molecule has 0 aliphatic carbocycles. The van der Waals surface area contributed by atoms with Crippen LogP contribution in [0.5, 0.6) is 0 Å². The lowest BCUT2D eigenvalue weighted by molar-refractivity contribution is 0.803. The van der Waals surface area contributed by atoms with E-state index in [1.165, 1.54) is 5.56 Å². The van der Waals surface area contributed by atoms with E-state index in [-0.39, 0.29) is 0 Å². The van der Waals surface area contributed by atoms with Gasteiger partial charge >= 0.3 is 0 Å². The fourth-order valence-electron chi connectivity index (χ4n) is 1.95. The highest BCUT2D eigenvalue weighted by Crippen LogP contribution is 2.25. The predicted molar refractivity (Wildman–Crippen MR) is 92.0 cm³/mol. The summed E-state index contributed by atoms with van der Waals surface area (Å²) < 4.78 is 1.16. The highest BCUT2D eigenvalue weighted by atomic mass is 79.9. The average molecular weight is 374 g/mol. The van der Waals surface area contributed by atoms with Gasteiger partial charge in [0.15, 0.2) is 0 Å². The van der Waals surface area contributed by atoms with Crippen molar-refractivity contribution in [2.75, 3.05) is 11.9 Å². The molecule has 0 aliphatic heterocycles. The van der Waals surface area contributed by atoms with Crippen molar-refractivity contribution in [3.8, 4) is 0 Å². The molecule has 0 fully saturated rings. The van der Waals surface area contributed by atoms with E-state index in [0.717, 1.165) is 27.4 Å². The van der Waals surface area contributed by atoms with E-state index in [1.807, 2.05) is 0 Å². The molecule has 2 aromatic heterocycles. The molecule has 108 valence electrons. The number of halogens is 2. The zero-order chi connectivity index (χ0) is 14.7. The topological polar surface area (TPSA) is 16.1 Å². The van der Waals surface area contributed by atoms with Crippen LogP contribution in [0.2, 0.25) is 0 Å². The monoisotopic (exact) mass is 372 g/mol. The van der Waals surface area contributed by atoms with Gasteiger partial charge in [0.05, 0.1) is 3.79 Å². The second kappa shape index (κ2) is 6.92. The highest BCUT2D eigenvalue weighted by Gasteiger charge is 2.10. The Hall–Kier alpha value is -0.580. The third-order valence-corrected chi connectivity index (χ3v) is 4.93. The molecule has 2 heterocycles. The first-order valence-corrected chi connectivity index (χ1v) is 8.71. The molecule has 0 spiro atoms. The van der Waals surface area contributed by atoms with Gasteiger partial charge in [-0.3, -0.25) is 0 Å². The zero-order valence-corrected chi connectivity index (χ0v) is 15.0. The molecule has 0 saturated heterocycles. The lowest BCUT2D eigenvalue weighted by Crippen LogP contribution is -2.18. The summed E-state index contributed by atoms with van der Waals surface area (Å²) in [5, 5.41) is 2.16. The zero-order valence-electron chi connectivity index (χ0n) is 11.9. The Kier molecular flexibility index (Phi) is 5.47. The summed E-state index contributed by atoms with van der Waals surface area (Å²) in [6.07, 6.45) is 0. The number of aromatic nitrogens is 1. The molecule has 0 aliphatic rings. The van der Waals surface area contributed by atoms with Gasteiger partial charge in [-0.1, -0.05) is 13.8 Å². The first-order valence-electron chi connectivity index (χ1n) is 6.50. The Labute approximate surface area is 137 Å². The second-order valence-corrected chi connectivity index (χ2v) is 7.72. The molecule has 0 saturated carbocycles. The Balaban J connectivity index is 2.24. The smallest absolute Gasteiger partial charge is 0.129 e. The van der Waals surface area contributed by atoms with Gasteiger partial charge in [0.1, 0.15) is 5.82 Å². The highest BCUT2D eigenvalue weighted by molar-refractivity contribution is 9.11. The molecule has 2 nitrogen and oxygen atoms in total. The quantitative estimate of drug-likeness (QED) is 0.652. The number of rotatable bonds is 5. The van der Waals surface area contributed by atoms with Gasteiger partial charge in [0.2, 0.25) is 0 Å². The van der Waals surface area contributed by atoms with Crippen molar-refractivity contribution < 1.29 is 0 Å². The Morgan fingerprint density at radius 1 is 1.30 bits per heavy atom. The maximum atomic E-state index is 5.99. The molecule has 20 heavy (non-hydrogen) atoms. The molecule has 0 radical (unpaired) electrons. The minimum atomic E-state index is 0.403. The summed E-state index contributed by atoms with van der Waals surface area (Å²) in [5.41, 5.74) is 3.50. The van der Waals surface area contributed by atoms with Gasteiger partial charge in [-0.25, -0.2) is 4.98 Å². The van der Waals surface area contributed by atoms with E-state index in [0.29, 0.717) is 11.8 Å². The largest absolute Gasteiger partial charge is 0.355 e. The lowest BCUT2D eigenvalue weighted by atomic mass is 10.1. The minimum absolute atomic E-state index is 0.403. The number of thiophene rings is 1. The normalized spacial score (nSPS) is 11.1. The summed E-state index contributed by atoms with van der Waals surface area (Å²) in [6.45, 7) is 5.15. The van der Waals surface area contributed by atoms with Crippen molar-refractivity contribution in [1.82, 2.24) is 4.98 Å². The molecular weight excluding hydrogens is 356 g/mol. The number of alkyl halides is 1. The van der Waals surface area contributed by atoms with E-state index >= 15 is 0 Å². The molecule has 0 N–H and O–H groups in total. The maximum absolute atomic E-state index is 5.99. The van der Waals surface area contributed by atoms with Crippen LogP contribution in [-0.2, 0) is 12.4 Å². The van der Waals surface area contributed by atoms with E-state index in [4.69, 9.17) is 16.6 Å². The minimum Gasteiger partial charge on any atom is -0.355 e. The van der Waals surface area contributed by atoms with Gasteiger partial charge in [-0.2, -0.15) is 0 Å². The standard InChI is InChI=1S/C15H18BrClN2S/c1-10(2)13-4-11(7-17)6-15(18-13)19(3)8-12-5-14(16)20-9-12/h4-6,9-10H,7-8H2,1-3H3. The van der Waals surface area contributed by atoms with E-state index in [9.17, 15) is 0 Å². The van der Waals surface area contributed by atoms with Crippen molar-refractivity contribution in [2.45, 2.75) is 32.2 Å². The molecule has 0 unspecified atom stereocenters. The lowest BCUT2D eigenvalue weighted by Gasteiger charge is -2.20. The molecular formula is C15H18BrClN2S. The number of pyridine rings is 1. The van der Waals surface area contributed by atoms with Gasteiger partial charge in [-0.05, 0) is 56.6 Å². The van der Waals surface area contributed by atoms with Gasteiger partial charge < -0.3 is 4.90 Å². The van der Waals surface area contributed by atoms with Crippen LogP contribution in [0.3, 0.4) is 0 Å². The summed E-state index contributed by atoms with van der Waals surface area (Å²) in [4.78, 5) is 6.91. The van der Waals surface area contributed by atoms with Crippen LogP contribution < -0.4 is 4.90 Å². The van der Waals surface area contributed by atoms with Crippen LogP contribution >= 0.6 is 38.9 Å². The van der Waals surface area contributed by atoms with Crippen molar-refractivity contribution in [3.63, 3.8) is 0 Å². The summed E-state index contributed by atoms with van der Waals surface area (Å²) in [6, 6.07) is 6.31. The summed E-state index contributed by atoms with van der Waals surface area (Å²) in [5.74, 6) is 1.90. The second-order valence-electron chi connectivity index (χ2n) is 5.16. The van der Waals surface area contributed by atoms with Crippen LogP contribution in [0.4, 0.5) is 5.82 Å². The molecule has 0 atom stereocenters. The van der Waals surface area contributed by atoms with Crippen molar-refractivity contribution >= 4 is 44.7 Å². The molecule has 2 rings (SSSR count). The van der Waals surface area contributed by atoms with Crippen LogP contribution in [0.1, 0.15) is 36.6 Å². The van der Waals surface area contributed by atoms with Crippen molar-refractivity contribution in [1.29, 1.82) is 0 Å². The van der Waals surface area contributed by atoms with Crippen molar-refractivity contribution in [2.24, 2.45) is 0 Å². The number of anilines is 1. The van der Waals surface area contributed by atoms with Gasteiger partial charge in [0.25, 0.3) is 0 Å². The Morgan fingerprint density at radius 2 is 2.05 bits per heavy atom. The van der Waals surface area contributed by atoms with Crippen LogP contribution in [0.25, 0.3) is 0 Å². The molecule has 0 bridgehead atoms. The summed E-state index contributed by atoms with van der Waals surface area (Å²) >= 11 is 11.2. The Bertz CT molecular complexity index is 583. The summed E-state index contributed by atoms with van der Waals surface area (Å²) in [7, 11) is 2.07. The van der Waals surface area contributed by atoms with Crippen molar-refractivity contribution in [3.05, 3.63) is 44.2 Å². The van der Waals surface area contributed by atoms with E-state index in [1.54, 1.807) is 11.3 Å². The van der Waals surface area contributed by atoms with E-state index < -0.39 is 0 Å². The molecule has 0 amide bonds. The van der Waals surface area contributed by atoms with Crippen LogP contribution in [0.15, 0.2) is 27.4 Å². The van der Waals surface area contributed by atoms with Crippen LogP contribution in [0, 0.1) is 0 Å². The third-order valence-electron chi connectivity index (χ3n) is 3.07. The molecule has 5 heteroatoms. The molecule has 0 aromatic carbocycles. The number of nitrogens with zero attached hydrogens (tertiary/aromatic N) is 2. The average Bonchev–Trinajstić information content (AvgIpc) is 2.83. The number of hydrogen-bond donors (Lipinski definition) is 0. The van der Waals surface area contributed by atoms with Crippen LogP contribution in [-0.4, -0.2) is 12.0 Å². The third kappa shape index (κ3) is 3.96. The van der Waals surface area contributed by atoms with Gasteiger partial charge in [-0.15, -0.1) is 22.9 Å². The SMILES string of the molecule is CC(C)c1cc(CCl)cc(N(C)Cc2csc(Br)c2)n1. The first-order chi connectivity index (χ1) is 9.49. The first kappa shape index (κ1) is 15.8. The van der Waals surface area contributed by atoms with Gasteiger partial charge in [0, 0.05) is 25.2 Å². The number of hydrogen-bond acceptors (Lipinski definition) is 3. The fraction of sp³-hybridized carbons (Fsp3) is 0.400. The predicted octanol–water partition coefficient (Wildman–Crippen LogP) is 5.40. The maximum Gasteiger partial charge on any atom is 0.129 e.